The Bertz CT molecular complexity index is 400. The Morgan fingerprint density at radius 3 is 2.59 bits per heavy atom. The van der Waals surface area contributed by atoms with E-state index in [2.05, 4.69) is 40.3 Å². The topological polar surface area (TPSA) is 17.1 Å². The molecule has 0 aromatic heterocycles. The van der Waals surface area contributed by atoms with E-state index in [1.165, 1.54) is 24.0 Å². The third kappa shape index (κ3) is 1.90. The summed E-state index contributed by atoms with van der Waals surface area (Å²) in [5, 5.41) is 0. The molecule has 2 rings (SSSR count). The number of allylic oxidation sites excluding steroid dienone is 3. The zero-order valence-corrected chi connectivity index (χ0v) is 11.6. The van der Waals surface area contributed by atoms with Gasteiger partial charge in [-0.25, -0.2) is 0 Å². The van der Waals surface area contributed by atoms with Crippen molar-refractivity contribution in [2.24, 2.45) is 16.7 Å². The Morgan fingerprint density at radius 2 is 2.00 bits per heavy atom. The highest BCUT2D eigenvalue weighted by Crippen LogP contribution is 2.54. The quantitative estimate of drug-likeness (QED) is 0.616. The second-order valence-corrected chi connectivity index (χ2v) is 6.68. The average molecular weight is 232 g/mol. The molecule has 0 N–H and O–H groups in total. The SMILES string of the molecule is C=C(C)[C@H]1C=C2C(C)(C)C(=O)CC[C@@]2(C)CC1. The van der Waals surface area contributed by atoms with Gasteiger partial charge in [-0.2, -0.15) is 0 Å². The lowest BCUT2D eigenvalue weighted by Crippen LogP contribution is -2.43. The van der Waals surface area contributed by atoms with Crippen LogP contribution in [0.1, 0.15) is 53.4 Å². The lowest BCUT2D eigenvalue weighted by Gasteiger charge is -2.48. The summed E-state index contributed by atoms with van der Waals surface area (Å²) in [5.41, 5.74) is 2.60. The van der Waals surface area contributed by atoms with Gasteiger partial charge in [-0.1, -0.05) is 30.7 Å². The fourth-order valence-corrected chi connectivity index (χ4v) is 3.56. The van der Waals surface area contributed by atoms with Crippen LogP contribution in [0.3, 0.4) is 0 Å². The number of ketones is 1. The van der Waals surface area contributed by atoms with Crippen LogP contribution in [0.4, 0.5) is 0 Å². The van der Waals surface area contributed by atoms with Gasteiger partial charge in [-0.15, -0.1) is 0 Å². The molecule has 1 nitrogen and oxygen atoms in total. The van der Waals surface area contributed by atoms with Crippen molar-refractivity contribution < 1.29 is 4.79 Å². The molecule has 0 saturated heterocycles. The number of hydrogen-bond acceptors (Lipinski definition) is 1. The summed E-state index contributed by atoms with van der Waals surface area (Å²) < 4.78 is 0. The van der Waals surface area contributed by atoms with Gasteiger partial charge in [0.2, 0.25) is 0 Å². The molecule has 2 aliphatic rings. The summed E-state index contributed by atoms with van der Waals surface area (Å²) in [5.74, 6) is 0.881. The molecule has 0 heterocycles. The van der Waals surface area contributed by atoms with Gasteiger partial charge in [0.1, 0.15) is 5.78 Å². The lowest BCUT2D eigenvalue weighted by molar-refractivity contribution is -0.128. The van der Waals surface area contributed by atoms with E-state index in [1.807, 2.05) is 0 Å². The summed E-state index contributed by atoms with van der Waals surface area (Å²) >= 11 is 0. The van der Waals surface area contributed by atoms with Crippen molar-refractivity contribution in [1.82, 2.24) is 0 Å². The van der Waals surface area contributed by atoms with Crippen molar-refractivity contribution in [1.29, 1.82) is 0 Å². The Kier molecular flexibility index (Phi) is 2.84. The number of Topliss-reactive ketones (excluding diaryl/α,β-unsaturated/α-hetero) is 1. The van der Waals surface area contributed by atoms with E-state index >= 15 is 0 Å². The molecule has 1 heteroatoms. The van der Waals surface area contributed by atoms with Crippen molar-refractivity contribution >= 4 is 5.78 Å². The van der Waals surface area contributed by atoms with Gasteiger partial charge in [0.25, 0.3) is 0 Å². The molecule has 0 radical (unpaired) electrons. The highest BCUT2D eigenvalue weighted by Gasteiger charge is 2.48. The summed E-state index contributed by atoms with van der Waals surface area (Å²) in [7, 11) is 0. The fraction of sp³-hybridized carbons (Fsp3) is 0.688. The number of carbonyl (C=O) groups excluding carboxylic acids is 1. The van der Waals surface area contributed by atoms with E-state index in [-0.39, 0.29) is 10.8 Å². The molecule has 1 fully saturated rings. The van der Waals surface area contributed by atoms with Crippen LogP contribution in [0, 0.1) is 16.7 Å². The van der Waals surface area contributed by atoms with Crippen LogP contribution >= 0.6 is 0 Å². The zero-order chi connectivity index (χ0) is 12.8. The number of hydrogen-bond donors (Lipinski definition) is 0. The summed E-state index contributed by atoms with van der Waals surface area (Å²) in [6.07, 6.45) is 6.53. The van der Waals surface area contributed by atoms with Crippen LogP contribution in [0.15, 0.2) is 23.8 Å². The third-order valence-electron chi connectivity index (χ3n) is 4.93. The van der Waals surface area contributed by atoms with Crippen LogP contribution in [-0.2, 0) is 4.79 Å². The molecule has 0 aromatic rings. The normalized spacial score (nSPS) is 36.1. The molecule has 94 valence electrons. The molecule has 0 unspecified atom stereocenters. The van der Waals surface area contributed by atoms with Gasteiger partial charge >= 0.3 is 0 Å². The van der Waals surface area contributed by atoms with E-state index in [1.54, 1.807) is 0 Å². The first kappa shape index (κ1) is 12.6. The largest absolute Gasteiger partial charge is 0.299 e. The molecule has 2 aliphatic carbocycles. The second-order valence-electron chi connectivity index (χ2n) is 6.68. The molecule has 1 saturated carbocycles. The van der Waals surface area contributed by atoms with Gasteiger partial charge in [0, 0.05) is 11.8 Å². The minimum atomic E-state index is -0.263. The van der Waals surface area contributed by atoms with E-state index < -0.39 is 0 Å². The molecule has 0 spiro atoms. The van der Waals surface area contributed by atoms with Crippen LogP contribution < -0.4 is 0 Å². The Hall–Kier alpha value is -0.850. The van der Waals surface area contributed by atoms with Gasteiger partial charge in [-0.05, 0) is 51.4 Å². The highest BCUT2D eigenvalue weighted by molar-refractivity contribution is 5.89. The van der Waals surface area contributed by atoms with Crippen molar-refractivity contribution in [3.05, 3.63) is 23.8 Å². The zero-order valence-electron chi connectivity index (χ0n) is 11.6. The Labute approximate surface area is 105 Å². The number of rotatable bonds is 1. The first-order valence-corrected chi connectivity index (χ1v) is 6.69. The minimum Gasteiger partial charge on any atom is -0.299 e. The fourth-order valence-electron chi connectivity index (χ4n) is 3.56. The van der Waals surface area contributed by atoms with E-state index in [0.29, 0.717) is 11.7 Å². The molecule has 0 amide bonds. The molecule has 17 heavy (non-hydrogen) atoms. The highest BCUT2D eigenvalue weighted by atomic mass is 16.1. The molecule has 0 aliphatic heterocycles. The standard InChI is InChI=1S/C16H24O/c1-11(2)12-6-8-16(5)9-7-14(17)15(3,4)13(16)10-12/h10,12H,1,6-9H2,2-5H3/t12-,16-/m1/s1. The number of carbonyl (C=O) groups is 1. The van der Waals surface area contributed by atoms with Gasteiger partial charge < -0.3 is 0 Å². The van der Waals surface area contributed by atoms with Gasteiger partial charge in [-0.3, -0.25) is 4.79 Å². The summed E-state index contributed by atoms with van der Waals surface area (Å²) in [6, 6.07) is 0. The van der Waals surface area contributed by atoms with E-state index in [9.17, 15) is 4.79 Å². The smallest absolute Gasteiger partial charge is 0.142 e. The van der Waals surface area contributed by atoms with Crippen molar-refractivity contribution in [3.8, 4) is 0 Å². The molecule has 0 bridgehead atoms. The maximum atomic E-state index is 12.1. The predicted molar refractivity (Wildman–Crippen MR) is 71.8 cm³/mol. The van der Waals surface area contributed by atoms with Crippen molar-refractivity contribution in [2.75, 3.05) is 0 Å². The Morgan fingerprint density at radius 1 is 1.35 bits per heavy atom. The maximum absolute atomic E-state index is 12.1. The average Bonchev–Trinajstić information content (AvgIpc) is 2.24. The maximum Gasteiger partial charge on any atom is 0.142 e. The molecular weight excluding hydrogens is 208 g/mol. The van der Waals surface area contributed by atoms with Gasteiger partial charge in [0.05, 0.1) is 0 Å². The lowest BCUT2D eigenvalue weighted by atomic mass is 9.55. The Balaban J connectivity index is 2.46. The van der Waals surface area contributed by atoms with Crippen LogP contribution in [-0.4, -0.2) is 5.78 Å². The summed E-state index contributed by atoms with van der Waals surface area (Å²) in [6.45, 7) is 12.7. The van der Waals surface area contributed by atoms with E-state index in [0.717, 1.165) is 12.8 Å². The van der Waals surface area contributed by atoms with Crippen LogP contribution in [0.25, 0.3) is 0 Å². The second kappa shape index (κ2) is 3.83. The van der Waals surface area contributed by atoms with Crippen molar-refractivity contribution in [3.63, 3.8) is 0 Å². The molecule has 2 atom stereocenters. The predicted octanol–water partition coefficient (Wildman–Crippen LogP) is 4.29. The molecular formula is C16H24O. The van der Waals surface area contributed by atoms with Gasteiger partial charge in [0.15, 0.2) is 0 Å². The summed E-state index contributed by atoms with van der Waals surface area (Å²) in [4.78, 5) is 12.1. The number of fused-ring (bicyclic) bond motifs is 1. The molecule has 0 aromatic carbocycles. The first-order valence-electron chi connectivity index (χ1n) is 6.69. The minimum absolute atomic E-state index is 0.253. The van der Waals surface area contributed by atoms with Crippen molar-refractivity contribution in [2.45, 2.75) is 53.4 Å². The first-order chi connectivity index (χ1) is 7.77. The van der Waals surface area contributed by atoms with E-state index in [4.69, 9.17) is 0 Å². The van der Waals surface area contributed by atoms with Crippen LogP contribution in [0.2, 0.25) is 0 Å². The van der Waals surface area contributed by atoms with Crippen LogP contribution in [0.5, 0.6) is 0 Å². The monoisotopic (exact) mass is 232 g/mol. The third-order valence-corrected chi connectivity index (χ3v) is 4.93.